The average molecular weight is 302 g/mol. The van der Waals surface area contributed by atoms with Gasteiger partial charge in [0.05, 0.1) is 0 Å². The van der Waals surface area contributed by atoms with Gasteiger partial charge in [-0.3, -0.25) is 4.79 Å². The monoisotopic (exact) mass is 301 g/mol. The Hall–Kier alpha value is -0.370. The van der Waals surface area contributed by atoms with E-state index in [9.17, 15) is 13.2 Å². The lowest BCUT2D eigenvalue weighted by molar-refractivity contribution is -0.128. The van der Waals surface area contributed by atoms with Crippen LogP contribution in [0.4, 0.5) is 0 Å². The maximum Gasteiger partial charge on any atom is 0.239 e. The van der Waals surface area contributed by atoms with E-state index < -0.39 is 21.7 Å². The summed E-state index contributed by atoms with van der Waals surface area (Å²) in [6.45, 7) is 6.34. The van der Waals surface area contributed by atoms with Crippen molar-refractivity contribution in [2.75, 3.05) is 32.4 Å². The fourth-order valence-corrected chi connectivity index (χ4v) is 2.86. The lowest BCUT2D eigenvalue weighted by atomic mass is 10.3. The van der Waals surface area contributed by atoms with Gasteiger partial charge in [-0.2, -0.15) is 0 Å². The molecule has 2 N–H and O–H groups in total. The average Bonchev–Trinajstić information content (AvgIpc) is 2.27. The molecular formula is C10H24ClN3O3S. The van der Waals surface area contributed by atoms with Gasteiger partial charge in [0.2, 0.25) is 15.9 Å². The van der Waals surface area contributed by atoms with E-state index in [1.165, 1.54) is 9.21 Å². The fourth-order valence-electron chi connectivity index (χ4n) is 1.37. The zero-order valence-electron chi connectivity index (χ0n) is 11.4. The van der Waals surface area contributed by atoms with Crippen molar-refractivity contribution < 1.29 is 13.2 Å². The molecule has 0 saturated heterocycles. The van der Waals surface area contributed by atoms with Crippen molar-refractivity contribution in [3.8, 4) is 0 Å². The number of halogens is 1. The van der Waals surface area contributed by atoms with Gasteiger partial charge in [0.25, 0.3) is 0 Å². The summed E-state index contributed by atoms with van der Waals surface area (Å²) in [6, 6.07) is -0.158. The highest BCUT2D eigenvalue weighted by molar-refractivity contribution is 7.89. The lowest BCUT2D eigenvalue weighted by Gasteiger charge is -2.25. The number of nitrogens with zero attached hydrogens (tertiary/aromatic N) is 2. The third kappa shape index (κ3) is 5.51. The predicted molar refractivity (Wildman–Crippen MR) is 75.2 cm³/mol. The summed E-state index contributed by atoms with van der Waals surface area (Å²) < 4.78 is 25.0. The number of carbonyl (C=O) groups is 1. The van der Waals surface area contributed by atoms with E-state index in [-0.39, 0.29) is 18.4 Å². The minimum Gasteiger partial charge on any atom is -0.341 e. The number of sulfonamides is 1. The van der Waals surface area contributed by atoms with Crippen LogP contribution in [0.5, 0.6) is 0 Å². The molecule has 0 saturated carbocycles. The van der Waals surface area contributed by atoms with Crippen molar-refractivity contribution in [2.45, 2.75) is 26.8 Å². The van der Waals surface area contributed by atoms with Crippen LogP contribution in [0.1, 0.15) is 20.8 Å². The first kappa shape index (κ1) is 20.0. The normalized spacial score (nSPS) is 13.0. The minimum absolute atomic E-state index is 0. The molecule has 0 aromatic heterocycles. The van der Waals surface area contributed by atoms with Crippen molar-refractivity contribution in [1.29, 1.82) is 0 Å². The zero-order chi connectivity index (χ0) is 13.6. The number of hydrogen-bond acceptors (Lipinski definition) is 4. The molecule has 0 aromatic rings. The molecule has 1 atom stereocenters. The quantitative estimate of drug-likeness (QED) is 0.711. The first-order chi connectivity index (χ1) is 7.80. The van der Waals surface area contributed by atoms with Gasteiger partial charge in [-0.15, -0.1) is 12.4 Å². The molecule has 0 aliphatic rings. The second-order valence-electron chi connectivity index (χ2n) is 3.93. The summed E-state index contributed by atoms with van der Waals surface area (Å²) in [6.07, 6.45) is 0. The van der Waals surface area contributed by atoms with Gasteiger partial charge in [0.1, 0.15) is 5.75 Å². The molecule has 8 heteroatoms. The van der Waals surface area contributed by atoms with Crippen LogP contribution in [-0.2, 0) is 14.8 Å². The van der Waals surface area contributed by atoms with Crippen LogP contribution in [0.25, 0.3) is 0 Å². The Kier molecular flexibility index (Phi) is 9.63. The van der Waals surface area contributed by atoms with Gasteiger partial charge in [-0.1, -0.05) is 13.8 Å². The number of hydrogen-bond donors (Lipinski definition) is 1. The van der Waals surface area contributed by atoms with Crippen LogP contribution in [-0.4, -0.2) is 62.0 Å². The smallest absolute Gasteiger partial charge is 0.239 e. The first-order valence-electron chi connectivity index (χ1n) is 5.73. The second kappa shape index (κ2) is 8.68. The molecule has 6 nitrogen and oxygen atoms in total. The number of rotatable bonds is 7. The molecule has 0 heterocycles. The van der Waals surface area contributed by atoms with Gasteiger partial charge in [0, 0.05) is 32.7 Å². The topological polar surface area (TPSA) is 83.7 Å². The maximum atomic E-state index is 11.9. The molecule has 1 unspecified atom stereocenters. The molecule has 0 fully saturated rings. The molecule has 18 heavy (non-hydrogen) atoms. The third-order valence-corrected chi connectivity index (χ3v) is 4.72. The third-order valence-electron chi connectivity index (χ3n) is 2.80. The molecule has 0 bridgehead atoms. The van der Waals surface area contributed by atoms with Gasteiger partial charge in [0.15, 0.2) is 0 Å². The Bertz CT molecular complexity index is 344. The van der Waals surface area contributed by atoms with Crippen LogP contribution in [0.3, 0.4) is 0 Å². The van der Waals surface area contributed by atoms with Crippen molar-refractivity contribution in [3.63, 3.8) is 0 Å². The van der Waals surface area contributed by atoms with Gasteiger partial charge in [-0.05, 0) is 6.92 Å². The summed E-state index contributed by atoms with van der Waals surface area (Å²) >= 11 is 0. The predicted octanol–water partition coefficient (Wildman–Crippen LogP) is -0.115. The zero-order valence-corrected chi connectivity index (χ0v) is 13.1. The fraction of sp³-hybridized carbons (Fsp3) is 0.900. The highest BCUT2D eigenvalue weighted by atomic mass is 35.5. The summed E-state index contributed by atoms with van der Waals surface area (Å²) in [5.41, 5.74) is 5.43. The summed E-state index contributed by atoms with van der Waals surface area (Å²) in [5, 5.41) is 0. The number of amides is 1. The standard InChI is InChI=1S/C10H23N3O3S.ClH/c1-5-13(6-2)17(15,16)8-10(14)12(4)9(3)7-11;/h9H,5-8,11H2,1-4H3;1H. The van der Waals surface area contributed by atoms with Crippen molar-refractivity contribution >= 4 is 28.3 Å². The lowest BCUT2D eigenvalue weighted by Crippen LogP contribution is -2.45. The van der Waals surface area contributed by atoms with Gasteiger partial charge < -0.3 is 10.6 Å². The molecule has 0 radical (unpaired) electrons. The molecular weight excluding hydrogens is 278 g/mol. The SMILES string of the molecule is CCN(CC)S(=O)(=O)CC(=O)N(C)C(C)CN.Cl. The van der Waals surface area contributed by atoms with Crippen LogP contribution in [0, 0.1) is 0 Å². The summed E-state index contributed by atoms with van der Waals surface area (Å²) in [5.74, 6) is -0.912. The molecule has 110 valence electrons. The highest BCUT2D eigenvalue weighted by Gasteiger charge is 2.25. The van der Waals surface area contributed by atoms with E-state index in [4.69, 9.17) is 5.73 Å². The molecule has 0 rings (SSSR count). The largest absolute Gasteiger partial charge is 0.341 e. The first-order valence-corrected chi connectivity index (χ1v) is 7.34. The van der Waals surface area contributed by atoms with Crippen LogP contribution >= 0.6 is 12.4 Å². The van der Waals surface area contributed by atoms with Crippen LogP contribution < -0.4 is 5.73 Å². The Morgan fingerprint density at radius 3 is 2.06 bits per heavy atom. The van der Waals surface area contributed by atoms with E-state index in [0.29, 0.717) is 19.6 Å². The van der Waals surface area contributed by atoms with E-state index in [1.54, 1.807) is 27.8 Å². The molecule has 0 aliphatic heterocycles. The molecule has 1 amide bonds. The van der Waals surface area contributed by atoms with Crippen LogP contribution in [0.15, 0.2) is 0 Å². The van der Waals surface area contributed by atoms with E-state index >= 15 is 0 Å². The Labute approximate surface area is 116 Å². The molecule has 0 spiro atoms. The Balaban J connectivity index is 0. The van der Waals surface area contributed by atoms with Crippen molar-refractivity contribution in [2.24, 2.45) is 5.73 Å². The summed E-state index contributed by atoms with van der Waals surface area (Å²) in [7, 11) is -1.94. The van der Waals surface area contributed by atoms with E-state index in [1.807, 2.05) is 0 Å². The number of nitrogens with two attached hydrogens (primary N) is 1. The summed E-state index contributed by atoms with van der Waals surface area (Å²) in [4.78, 5) is 13.1. The second-order valence-corrected chi connectivity index (χ2v) is 5.90. The van der Waals surface area contributed by atoms with Crippen molar-refractivity contribution in [3.05, 3.63) is 0 Å². The maximum absolute atomic E-state index is 11.9. The van der Waals surface area contributed by atoms with Crippen LogP contribution in [0.2, 0.25) is 0 Å². The minimum atomic E-state index is -3.51. The van der Waals surface area contributed by atoms with Gasteiger partial charge in [-0.25, -0.2) is 12.7 Å². The van der Waals surface area contributed by atoms with Crippen molar-refractivity contribution in [1.82, 2.24) is 9.21 Å². The Morgan fingerprint density at radius 1 is 1.28 bits per heavy atom. The van der Waals surface area contributed by atoms with E-state index in [2.05, 4.69) is 0 Å². The molecule has 0 aliphatic carbocycles. The number of carbonyl (C=O) groups excluding carboxylic acids is 1. The highest BCUT2D eigenvalue weighted by Crippen LogP contribution is 2.04. The van der Waals surface area contributed by atoms with Gasteiger partial charge >= 0.3 is 0 Å². The number of likely N-dealkylation sites (N-methyl/N-ethyl adjacent to an activating group) is 1. The van der Waals surface area contributed by atoms with E-state index in [0.717, 1.165) is 0 Å². The molecule has 0 aromatic carbocycles. The Morgan fingerprint density at radius 2 is 1.72 bits per heavy atom.